The molecule has 5 heteroatoms. The lowest BCUT2D eigenvalue weighted by atomic mass is 10.3. The van der Waals surface area contributed by atoms with Crippen molar-refractivity contribution in [1.29, 1.82) is 0 Å². The van der Waals surface area contributed by atoms with Gasteiger partial charge in [0.1, 0.15) is 11.6 Å². The lowest BCUT2D eigenvalue weighted by Crippen LogP contribution is -2.05. The molecule has 2 aromatic rings. The smallest absolute Gasteiger partial charge is 0.155 e. The summed E-state index contributed by atoms with van der Waals surface area (Å²) >= 11 is 6.01. The van der Waals surface area contributed by atoms with Gasteiger partial charge < -0.3 is 11.5 Å². The van der Waals surface area contributed by atoms with E-state index in [0.717, 1.165) is 24.2 Å². The van der Waals surface area contributed by atoms with Gasteiger partial charge in [-0.2, -0.15) is 0 Å². The van der Waals surface area contributed by atoms with Crippen molar-refractivity contribution in [3.8, 4) is 0 Å². The molecular formula is C10H13ClN4. The molecule has 4 N–H and O–H groups in total. The van der Waals surface area contributed by atoms with Crippen LogP contribution in [0.15, 0.2) is 18.2 Å². The van der Waals surface area contributed by atoms with Gasteiger partial charge in [-0.15, -0.1) is 0 Å². The van der Waals surface area contributed by atoms with E-state index in [1.165, 1.54) is 0 Å². The molecule has 0 bridgehead atoms. The van der Waals surface area contributed by atoms with E-state index in [0.29, 0.717) is 17.5 Å². The molecule has 2 heterocycles. The number of anilines is 1. The van der Waals surface area contributed by atoms with Crippen LogP contribution in [0.5, 0.6) is 0 Å². The Balaban J connectivity index is 2.54. The summed E-state index contributed by atoms with van der Waals surface area (Å²) in [6, 6.07) is 5.60. The molecule has 0 radical (unpaired) electrons. The average Bonchev–Trinajstić information content (AvgIpc) is 2.55. The minimum atomic E-state index is 0.495. The highest BCUT2D eigenvalue weighted by atomic mass is 35.5. The zero-order valence-corrected chi connectivity index (χ0v) is 9.04. The number of aryl methyl sites for hydroxylation is 1. The number of hydrogen-bond acceptors (Lipinski definition) is 3. The molecule has 0 spiro atoms. The number of nitrogens with two attached hydrogens (primary N) is 2. The standard InChI is InChI=1S/C10H13ClN4/c11-10-7-3-1-4-8(13)15(7)9(14-10)5-2-6-12/h1,3-4H,2,5-6,12-13H2. The Labute approximate surface area is 92.8 Å². The van der Waals surface area contributed by atoms with Gasteiger partial charge in [0, 0.05) is 6.42 Å². The average molecular weight is 225 g/mol. The largest absolute Gasteiger partial charge is 0.385 e. The molecule has 0 fully saturated rings. The Hall–Kier alpha value is -1.26. The van der Waals surface area contributed by atoms with Gasteiger partial charge in [0.15, 0.2) is 5.15 Å². The molecule has 2 rings (SSSR count). The minimum Gasteiger partial charge on any atom is -0.385 e. The van der Waals surface area contributed by atoms with E-state index in [9.17, 15) is 0 Å². The lowest BCUT2D eigenvalue weighted by Gasteiger charge is -2.03. The molecule has 4 nitrogen and oxygen atoms in total. The number of aromatic nitrogens is 2. The first-order chi connectivity index (χ1) is 7.24. The molecule has 0 aliphatic carbocycles. The monoisotopic (exact) mass is 224 g/mol. The number of nitrogens with zero attached hydrogens (tertiary/aromatic N) is 2. The van der Waals surface area contributed by atoms with Gasteiger partial charge in [-0.3, -0.25) is 4.40 Å². The van der Waals surface area contributed by atoms with Crippen LogP contribution in [0.1, 0.15) is 12.2 Å². The number of hydrogen-bond donors (Lipinski definition) is 2. The fourth-order valence-corrected chi connectivity index (χ4v) is 1.87. The van der Waals surface area contributed by atoms with E-state index in [-0.39, 0.29) is 0 Å². The summed E-state index contributed by atoms with van der Waals surface area (Å²) in [5.41, 5.74) is 12.2. The van der Waals surface area contributed by atoms with Crippen LogP contribution < -0.4 is 11.5 Å². The fourth-order valence-electron chi connectivity index (χ4n) is 1.62. The molecule has 0 saturated heterocycles. The first kappa shape index (κ1) is 10.3. The van der Waals surface area contributed by atoms with Gasteiger partial charge >= 0.3 is 0 Å². The van der Waals surface area contributed by atoms with Crippen LogP contribution in [0.2, 0.25) is 5.15 Å². The predicted octanol–water partition coefficient (Wildman–Crippen LogP) is 1.46. The second-order valence-corrected chi connectivity index (χ2v) is 3.74. The quantitative estimate of drug-likeness (QED) is 0.830. The Bertz CT molecular complexity index is 477. The number of pyridine rings is 1. The molecule has 15 heavy (non-hydrogen) atoms. The van der Waals surface area contributed by atoms with Crippen molar-refractivity contribution in [3.63, 3.8) is 0 Å². The zero-order valence-electron chi connectivity index (χ0n) is 8.28. The summed E-state index contributed by atoms with van der Waals surface area (Å²) < 4.78 is 1.87. The van der Waals surface area contributed by atoms with E-state index in [2.05, 4.69) is 4.98 Å². The number of rotatable bonds is 3. The van der Waals surface area contributed by atoms with Gasteiger partial charge in [-0.25, -0.2) is 4.98 Å². The van der Waals surface area contributed by atoms with E-state index in [1.54, 1.807) is 0 Å². The summed E-state index contributed by atoms with van der Waals surface area (Å²) in [7, 11) is 0. The maximum atomic E-state index is 6.01. The molecule has 0 amide bonds. The van der Waals surface area contributed by atoms with Crippen LogP contribution in [0.3, 0.4) is 0 Å². The maximum absolute atomic E-state index is 6.01. The third-order valence-electron chi connectivity index (χ3n) is 2.32. The number of imidazole rings is 1. The van der Waals surface area contributed by atoms with Crippen molar-refractivity contribution in [3.05, 3.63) is 29.2 Å². The molecule has 0 atom stereocenters. The Kier molecular flexibility index (Phi) is 2.79. The third kappa shape index (κ3) is 1.78. The summed E-state index contributed by atoms with van der Waals surface area (Å²) in [4.78, 5) is 4.28. The molecule has 80 valence electrons. The van der Waals surface area contributed by atoms with Crippen LogP contribution in [0.25, 0.3) is 5.52 Å². The van der Waals surface area contributed by atoms with E-state index in [4.69, 9.17) is 23.1 Å². The Morgan fingerprint density at radius 2 is 2.20 bits per heavy atom. The topological polar surface area (TPSA) is 69.3 Å². The molecule has 0 saturated carbocycles. The van der Waals surface area contributed by atoms with Crippen LogP contribution in [-0.2, 0) is 6.42 Å². The van der Waals surface area contributed by atoms with E-state index < -0.39 is 0 Å². The van der Waals surface area contributed by atoms with Crippen LogP contribution in [0.4, 0.5) is 5.82 Å². The number of fused-ring (bicyclic) bond motifs is 1. The molecule has 0 aliphatic heterocycles. The zero-order chi connectivity index (χ0) is 10.8. The summed E-state index contributed by atoms with van der Waals surface area (Å²) in [6.45, 7) is 0.638. The third-order valence-corrected chi connectivity index (χ3v) is 2.60. The second-order valence-electron chi connectivity index (χ2n) is 3.38. The highest BCUT2D eigenvalue weighted by molar-refractivity contribution is 6.32. The van der Waals surface area contributed by atoms with Crippen molar-refractivity contribution in [2.45, 2.75) is 12.8 Å². The van der Waals surface area contributed by atoms with Crippen LogP contribution >= 0.6 is 11.6 Å². The van der Waals surface area contributed by atoms with Gasteiger partial charge in [-0.05, 0) is 25.1 Å². The summed E-state index contributed by atoms with van der Waals surface area (Å²) in [6.07, 6.45) is 1.67. The van der Waals surface area contributed by atoms with Crippen molar-refractivity contribution < 1.29 is 0 Å². The molecule has 0 aliphatic rings. The normalized spacial score (nSPS) is 11.1. The van der Waals surface area contributed by atoms with Gasteiger partial charge in [0.05, 0.1) is 5.52 Å². The lowest BCUT2D eigenvalue weighted by molar-refractivity contribution is 0.780. The fraction of sp³-hybridized carbons (Fsp3) is 0.300. The Morgan fingerprint density at radius 3 is 2.93 bits per heavy atom. The van der Waals surface area contributed by atoms with Crippen molar-refractivity contribution in [2.75, 3.05) is 12.3 Å². The van der Waals surface area contributed by atoms with Gasteiger partial charge in [0.25, 0.3) is 0 Å². The first-order valence-electron chi connectivity index (χ1n) is 4.85. The van der Waals surface area contributed by atoms with Crippen molar-refractivity contribution >= 4 is 22.9 Å². The molecule has 0 unspecified atom stereocenters. The molecule has 0 aromatic carbocycles. The molecular weight excluding hydrogens is 212 g/mol. The van der Waals surface area contributed by atoms with E-state index >= 15 is 0 Å². The second kappa shape index (κ2) is 4.08. The number of nitrogen functional groups attached to an aromatic ring is 1. The molecule has 2 aromatic heterocycles. The Morgan fingerprint density at radius 1 is 1.40 bits per heavy atom. The van der Waals surface area contributed by atoms with Crippen molar-refractivity contribution in [2.24, 2.45) is 5.73 Å². The van der Waals surface area contributed by atoms with E-state index in [1.807, 2.05) is 22.6 Å². The van der Waals surface area contributed by atoms with Gasteiger partial charge in [-0.1, -0.05) is 17.7 Å². The SMILES string of the molecule is NCCCc1nc(Cl)c2cccc(N)n12. The van der Waals surface area contributed by atoms with Gasteiger partial charge in [0.2, 0.25) is 0 Å². The number of halogens is 1. The summed E-state index contributed by atoms with van der Waals surface area (Å²) in [5.74, 6) is 1.53. The maximum Gasteiger partial charge on any atom is 0.155 e. The van der Waals surface area contributed by atoms with Crippen LogP contribution in [0, 0.1) is 0 Å². The summed E-state index contributed by atoms with van der Waals surface area (Å²) in [5, 5.41) is 0.495. The minimum absolute atomic E-state index is 0.495. The van der Waals surface area contributed by atoms with Crippen molar-refractivity contribution in [1.82, 2.24) is 9.38 Å². The highest BCUT2D eigenvalue weighted by Gasteiger charge is 2.10. The van der Waals surface area contributed by atoms with Crippen LogP contribution in [-0.4, -0.2) is 15.9 Å². The first-order valence-corrected chi connectivity index (χ1v) is 5.23. The highest BCUT2D eigenvalue weighted by Crippen LogP contribution is 2.21. The predicted molar refractivity (Wildman–Crippen MR) is 62.0 cm³/mol.